The first-order valence-corrected chi connectivity index (χ1v) is 12.2. The van der Waals surface area contributed by atoms with Gasteiger partial charge in [0.15, 0.2) is 0 Å². The highest BCUT2D eigenvalue weighted by atomic mass is 16.2. The van der Waals surface area contributed by atoms with Crippen LogP contribution < -0.4 is 5.32 Å². The second kappa shape index (κ2) is 10.3. The molecule has 1 N–H and O–H groups in total. The van der Waals surface area contributed by atoms with Gasteiger partial charge >= 0.3 is 0 Å². The summed E-state index contributed by atoms with van der Waals surface area (Å²) >= 11 is 0. The van der Waals surface area contributed by atoms with Crippen LogP contribution in [-0.4, -0.2) is 54.7 Å². The smallest absolute Gasteiger partial charge is 0.262 e. The average Bonchev–Trinajstić information content (AvgIpc) is 2.81. The summed E-state index contributed by atoms with van der Waals surface area (Å²) in [6, 6.07) is 13.3. The second-order valence-electron chi connectivity index (χ2n) is 9.34. The summed E-state index contributed by atoms with van der Waals surface area (Å²) in [6.07, 6.45) is 5.84. The highest BCUT2D eigenvalue weighted by Crippen LogP contribution is 2.38. The first-order chi connectivity index (χ1) is 16.4. The van der Waals surface area contributed by atoms with Gasteiger partial charge in [0.1, 0.15) is 0 Å². The van der Waals surface area contributed by atoms with Crippen LogP contribution in [-0.2, 0) is 4.79 Å². The van der Waals surface area contributed by atoms with Gasteiger partial charge in [-0.25, -0.2) is 0 Å². The number of benzene rings is 3. The Morgan fingerprint density at radius 1 is 0.912 bits per heavy atom. The molecule has 3 aromatic carbocycles. The normalized spacial score (nSPS) is 13.4. The van der Waals surface area contributed by atoms with Crippen LogP contribution >= 0.6 is 0 Å². The maximum Gasteiger partial charge on any atom is 0.262 e. The molecule has 0 bridgehead atoms. The van der Waals surface area contributed by atoms with Crippen LogP contribution in [0.4, 0.5) is 5.69 Å². The maximum absolute atomic E-state index is 13.7. The van der Waals surface area contributed by atoms with Gasteiger partial charge in [0.2, 0.25) is 5.91 Å². The Morgan fingerprint density at radius 3 is 2.35 bits per heavy atom. The van der Waals surface area contributed by atoms with E-state index in [2.05, 4.69) is 12.2 Å². The van der Waals surface area contributed by atoms with E-state index in [1.54, 1.807) is 6.07 Å². The summed E-state index contributed by atoms with van der Waals surface area (Å²) in [6.45, 7) is 3.06. The highest BCUT2D eigenvalue weighted by Gasteiger charge is 2.34. The molecule has 0 radical (unpaired) electrons. The molecule has 0 saturated heterocycles. The Bertz CT molecular complexity index is 1250. The van der Waals surface area contributed by atoms with Crippen LogP contribution in [0.1, 0.15) is 66.2 Å². The fraction of sp³-hybridized carbons (Fsp3) is 0.393. The summed E-state index contributed by atoms with van der Waals surface area (Å²) in [7, 11) is 3.83. The van der Waals surface area contributed by atoms with Crippen molar-refractivity contribution < 1.29 is 14.4 Å². The second-order valence-corrected chi connectivity index (χ2v) is 9.34. The number of anilines is 1. The molecule has 6 nitrogen and oxygen atoms in total. The van der Waals surface area contributed by atoms with Gasteiger partial charge in [-0.2, -0.15) is 0 Å². The van der Waals surface area contributed by atoms with Crippen LogP contribution in [0.15, 0.2) is 42.5 Å². The molecule has 0 spiro atoms. The van der Waals surface area contributed by atoms with E-state index in [0.717, 1.165) is 30.0 Å². The van der Waals surface area contributed by atoms with E-state index in [0.29, 0.717) is 47.1 Å². The molecule has 0 atom stereocenters. The number of hydrogen-bond acceptors (Lipinski definition) is 4. The lowest BCUT2D eigenvalue weighted by atomic mass is 9.89. The van der Waals surface area contributed by atoms with Crippen molar-refractivity contribution in [1.82, 2.24) is 9.80 Å². The van der Waals surface area contributed by atoms with Crippen LogP contribution in [0.25, 0.3) is 21.5 Å². The molecule has 3 aromatic rings. The summed E-state index contributed by atoms with van der Waals surface area (Å²) in [4.78, 5) is 43.0. The molecular weight excluding hydrogens is 426 g/mol. The minimum absolute atomic E-state index is 0.0478. The largest absolute Gasteiger partial charge is 0.325 e. The predicted octanol–water partition coefficient (Wildman–Crippen LogP) is 5.45. The fourth-order valence-electron chi connectivity index (χ4n) is 4.71. The standard InChI is InChI=1S/C28H33N3O3/c1-4-5-6-7-8-15-23(32)29-22-14-10-12-20-18-19-11-9-13-21-24(19)26(25(20)22)28(34)31(27(21)33)17-16-30(2)3/h9-14,18H,4-8,15-17H2,1-3H3,(H,29,32). The van der Waals surface area contributed by atoms with E-state index in [1.165, 1.54) is 17.7 Å². The molecular formula is C28H33N3O3. The van der Waals surface area contributed by atoms with Crippen molar-refractivity contribution in [2.24, 2.45) is 0 Å². The van der Waals surface area contributed by atoms with Crippen LogP contribution in [0.5, 0.6) is 0 Å². The van der Waals surface area contributed by atoms with Crippen molar-refractivity contribution in [3.05, 3.63) is 53.6 Å². The zero-order valence-corrected chi connectivity index (χ0v) is 20.3. The van der Waals surface area contributed by atoms with Gasteiger partial charge in [0.25, 0.3) is 11.8 Å². The molecule has 0 unspecified atom stereocenters. The van der Waals surface area contributed by atoms with Crippen molar-refractivity contribution >= 4 is 45.0 Å². The third-order valence-electron chi connectivity index (χ3n) is 6.49. The zero-order chi connectivity index (χ0) is 24.2. The van der Waals surface area contributed by atoms with Crippen molar-refractivity contribution in [3.63, 3.8) is 0 Å². The molecule has 6 heteroatoms. The van der Waals surface area contributed by atoms with Gasteiger partial charge in [0.05, 0.1) is 5.56 Å². The Labute approximate surface area is 200 Å². The lowest BCUT2D eigenvalue weighted by Gasteiger charge is -2.29. The summed E-state index contributed by atoms with van der Waals surface area (Å²) < 4.78 is 0. The molecule has 1 aliphatic heterocycles. The van der Waals surface area contributed by atoms with E-state index in [1.807, 2.05) is 55.4 Å². The van der Waals surface area contributed by atoms with Crippen LogP contribution in [0.3, 0.4) is 0 Å². The fourth-order valence-corrected chi connectivity index (χ4v) is 4.71. The molecule has 0 saturated carbocycles. The molecule has 34 heavy (non-hydrogen) atoms. The average molecular weight is 460 g/mol. The van der Waals surface area contributed by atoms with Gasteiger partial charge in [0, 0.05) is 41.5 Å². The van der Waals surface area contributed by atoms with Crippen molar-refractivity contribution in [2.75, 3.05) is 32.5 Å². The summed E-state index contributed by atoms with van der Waals surface area (Å²) in [5.41, 5.74) is 1.66. The number of imide groups is 1. The van der Waals surface area contributed by atoms with Gasteiger partial charge < -0.3 is 10.2 Å². The first kappa shape index (κ1) is 23.9. The number of carbonyl (C=O) groups is 3. The quantitative estimate of drug-likeness (QED) is 0.249. The van der Waals surface area contributed by atoms with E-state index >= 15 is 0 Å². The number of likely N-dealkylation sites (N-methyl/N-ethyl adjacent to an activating group) is 1. The Balaban J connectivity index is 1.75. The lowest BCUT2D eigenvalue weighted by molar-refractivity contribution is -0.116. The maximum atomic E-state index is 13.7. The number of hydrogen-bond donors (Lipinski definition) is 1. The lowest BCUT2D eigenvalue weighted by Crippen LogP contribution is -2.43. The van der Waals surface area contributed by atoms with Gasteiger partial charge in [-0.15, -0.1) is 0 Å². The van der Waals surface area contributed by atoms with E-state index < -0.39 is 0 Å². The first-order valence-electron chi connectivity index (χ1n) is 12.2. The highest BCUT2D eigenvalue weighted by molar-refractivity contribution is 6.32. The third-order valence-corrected chi connectivity index (χ3v) is 6.49. The topological polar surface area (TPSA) is 69.7 Å². The van der Waals surface area contributed by atoms with E-state index in [-0.39, 0.29) is 17.7 Å². The summed E-state index contributed by atoms with van der Waals surface area (Å²) in [5.74, 6) is -0.617. The number of carbonyl (C=O) groups excluding carboxylic acids is 3. The van der Waals surface area contributed by atoms with E-state index in [4.69, 9.17) is 0 Å². The number of nitrogens with one attached hydrogen (secondary N) is 1. The number of rotatable bonds is 10. The Kier molecular flexibility index (Phi) is 7.27. The molecule has 0 aliphatic carbocycles. The number of amides is 3. The SMILES string of the molecule is CCCCCCCC(=O)Nc1cccc2cc3cccc4c3c(c12)C(=O)N(CCN(C)C)C4=O. The number of fused-ring (bicyclic) bond motifs is 2. The monoisotopic (exact) mass is 459 g/mol. The number of nitrogens with zero attached hydrogens (tertiary/aromatic N) is 2. The van der Waals surface area contributed by atoms with E-state index in [9.17, 15) is 14.4 Å². The molecule has 3 amide bonds. The predicted molar refractivity (Wildman–Crippen MR) is 137 cm³/mol. The Morgan fingerprint density at radius 2 is 1.62 bits per heavy atom. The number of unbranched alkanes of at least 4 members (excludes halogenated alkanes) is 4. The minimum atomic E-state index is -0.303. The molecule has 1 aliphatic rings. The zero-order valence-electron chi connectivity index (χ0n) is 20.3. The third kappa shape index (κ3) is 4.68. The molecule has 1 heterocycles. The molecule has 0 aromatic heterocycles. The molecule has 178 valence electrons. The van der Waals surface area contributed by atoms with Crippen LogP contribution in [0.2, 0.25) is 0 Å². The van der Waals surface area contributed by atoms with Crippen molar-refractivity contribution in [3.8, 4) is 0 Å². The van der Waals surface area contributed by atoms with Crippen molar-refractivity contribution in [1.29, 1.82) is 0 Å². The van der Waals surface area contributed by atoms with Gasteiger partial charge in [-0.05, 0) is 49.5 Å². The van der Waals surface area contributed by atoms with Gasteiger partial charge in [-0.1, -0.05) is 56.9 Å². The molecule has 4 rings (SSSR count). The van der Waals surface area contributed by atoms with Crippen molar-refractivity contribution in [2.45, 2.75) is 45.4 Å². The molecule has 0 fully saturated rings. The summed E-state index contributed by atoms with van der Waals surface area (Å²) in [5, 5.41) is 6.16. The van der Waals surface area contributed by atoms with Gasteiger partial charge in [-0.3, -0.25) is 19.3 Å². The van der Waals surface area contributed by atoms with Crippen LogP contribution in [0, 0.1) is 0 Å². The minimum Gasteiger partial charge on any atom is -0.325 e. The Hall–Kier alpha value is -3.25.